The van der Waals surface area contributed by atoms with Gasteiger partial charge >= 0.3 is 0 Å². The number of hydrogen-bond acceptors (Lipinski definition) is 0. The first-order chi connectivity index (χ1) is 16.9. The Labute approximate surface area is 206 Å². The molecule has 0 aromatic heterocycles. The first kappa shape index (κ1) is 24.3. The number of benzene rings is 2. The van der Waals surface area contributed by atoms with Gasteiger partial charge in [-0.3, -0.25) is 0 Å². The van der Waals surface area contributed by atoms with Gasteiger partial charge < -0.3 is 0 Å². The summed E-state index contributed by atoms with van der Waals surface area (Å²) in [4.78, 5) is 0. The van der Waals surface area contributed by atoms with Crippen molar-refractivity contribution in [3.8, 4) is 11.1 Å². The fourth-order valence-corrected chi connectivity index (χ4v) is 6.95. The molecular formula is C31H34F4. The van der Waals surface area contributed by atoms with E-state index in [1.165, 1.54) is 25.7 Å². The maximum Gasteiger partial charge on any atom is 0.167 e. The molecule has 2 fully saturated rings. The van der Waals surface area contributed by atoms with Crippen molar-refractivity contribution >= 4 is 0 Å². The highest BCUT2D eigenvalue weighted by Crippen LogP contribution is 2.48. The van der Waals surface area contributed by atoms with E-state index in [4.69, 9.17) is 0 Å². The molecule has 0 nitrogen and oxygen atoms in total. The summed E-state index contributed by atoms with van der Waals surface area (Å²) >= 11 is 0. The van der Waals surface area contributed by atoms with Crippen molar-refractivity contribution in [1.29, 1.82) is 0 Å². The summed E-state index contributed by atoms with van der Waals surface area (Å²) in [6.07, 6.45) is 13.6. The van der Waals surface area contributed by atoms with Crippen molar-refractivity contribution in [2.75, 3.05) is 0 Å². The standard InChI is InChI=1S/C31H34F4/c1-3-5-6-22-15-23-16-24-17-25(29(33)31(35)27(24)26(23)30(34)28(22)32)21-13-11-20(12-14-21)19-9-7-18(4-2)8-10-19/h3-4,15,17-21H,1-2,5-14,16H2. The molecule has 0 saturated heterocycles. The minimum atomic E-state index is -1.07. The van der Waals surface area contributed by atoms with Crippen LogP contribution in [0.2, 0.25) is 0 Å². The van der Waals surface area contributed by atoms with Gasteiger partial charge in [0.2, 0.25) is 0 Å². The smallest absolute Gasteiger partial charge is 0.167 e. The van der Waals surface area contributed by atoms with E-state index >= 15 is 13.2 Å². The fourth-order valence-electron chi connectivity index (χ4n) is 6.95. The lowest BCUT2D eigenvalue weighted by Crippen LogP contribution is -2.25. The number of halogens is 4. The van der Waals surface area contributed by atoms with E-state index in [1.54, 1.807) is 18.2 Å². The maximum atomic E-state index is 15.4. The van der Waals surface area contributed by atoms with Crippen LogP contribution in [-0.4, -0.2) is 0 Å². The molecule has 3 aliphatic carbocycles. The summed E-state index contributed by atoms with van der Waals surface area (Å²) < 4.78 is 60.4. The van der Waals surface area contributed by atoms with Gasteiger partial charge in [0, 0.05) is 11.1 Å². The van der Waals surface area contributed by atoms with Gasteiger partial charge in [0.15, 0.2) is 23.3 Å². The number of allylic oxidation sites excluding steroid dienone is 2. The Kier molecular flexibility index (Phi) is 6.92. The summed E-state index contributed by atoms with van der Waals surface area (Å²) in [5.74, 6) is -1.94. The second kappa shape index (κ2) is 9.95. The normalized spacial score (nSPS) is 25.7. The Bertz CT molecular complexity index is 1130. The van der Waals surface area contributed by atoms with Crippen molar-refractivity contribution in [2.45, 2.75) is 76.5 Å². The predicted molar refractivity (Wildman–Crippen MR) is 133 cm³/mol. The van der Waals surface area contributed by atoms with Crippen molar-refractivity contribution in [3.05, 3.63) is 83.0 Å². The monoisotopic (exact) mass is 482 g/mol. The van der Waals surface area contributed by atoms with Crippen LogP contribution < -0.4 is 0 Å². The molecule has 0 unspecified atom stereocenters. The van der Waals surface area contributed by atoms with Gasteiger partial charge in [-0.25, -0.2) is 17.6 Å². The highest BCUT2D eigenvalue weighted by atomic mass is 19.2. The molecule has 3 aliphatic rings. The van der Waals surface area contributed by atoms with Crippen molar-refractivity contribution in [3.63, 3.8) is 0 Å². The zero-order valence-corrected chi connectivity index (χ0v) is 20.3. The predicted octanol–water partition coefficient (Wildman–Crippen LogP) is 9.20. The largest absolute Gasteiger partial charge is 0.203 e. The second-order valence-corrected chi connectivity index (χ2v) is 10.9. The zero-order chi connectivity index (χ0) is 24.7. The Hall–Kier alpha value is -2.36. The molecule has 0 atom stereocenters. The molecule has 35 heavy (non-hydrogen) atoms. The van der Waals surface area contributed by atoms with E-state index in [0.717, 1.165) is 31.6 Å². The summed E-state index contributed by atoms with van der Waals surface area (Å²) in [7, 11) is 0. The average Bonchev–Trinajstić information content (AvgIpc) is 3.26. The van der Waals surface area contributed by atoms with Crippen LogP contribution in [0.25, 0.3) is 11.1 Å². The molecule has 0 bridgehead atoms. The second-order valence-electron chi connectivity index (χ2n) is 10.9. The van der Waals surface area contributed by atoms with Gasteiger partial charge in [-0.05, 0) is 117 Å². The lowest BCUT2D eigenvalue weighted by molar-refractivity contribution is 0.170. The third-order valence-corrected chi connectivity index (χ3v) is 8.96. The van der Waals surface area contributed by atoms with Gasteiger partial charge in [-0.1, -0.05) is 24.3 Å². The van der Waals surface area contributed by atoms with E-state index in [0.29, 0.717) is 47.8 Å². The fraction of sp³-hybridized carbons (Fsp3) is 0.484. The van der Waals surface area contributed by atoms with Crippen LogP contribution in [0.3, 0.4) is 0 Å². The van der Waals surface area contributed by atoms with E-state index in [2.05, 4.69) is 19.2 Å². The molecule has 0 amide bonds. The summed E-state index contributed by atoms with van der Waals surface area (Å²) in [6.45, 7) is 7.57. The van der Waals surface area contributed by atoms with E-state index in [9.17, 15) is 4.39 Å². The van der Waals surface area contributed by atoms with Crippen LogP contribution in [-0.2, 0) is 12.8 Å². The van der Waals surface area contributed by atoms with E-state index in [1.807, 2.05) is 0 Å². The van der Waals surface area contributed by atoms with E-state index in [-0.39, 0.29) is 22.6 Å². The number of fused-ring (bicyclic) bond motifs is 3. The minimum absolute atomic E-state index is 0.0241. The molecule has 0 aliphatic heterocycles. The lowest BCUT2D eigenvalue weighted by atomic mass is 9.68. The SMILES string of the molecule is C=CCCc1cc2c(c(F)c1F)-c1c(cc(C3CCC(C4CCC(C=C)CC4)CC3)c(F)c1F)C2. The molecule has 4 heteroatoms. The van der Waals surface area contributed by atoms with Crippen LogP contribution in [0.5, 0.6) is 0 Å². The topological polar surface area (TPSA) is 0 Å². The zero-order valence-electron chi connectivity index (χ0n) is 20.3. The van der Waals surface area contributed by atoms with Crippen molar-refractivity contribution in [1.82, 2.24) is 0 Å². The van der Waals surface area contributed by atoms with Gasteiger partial charge in [0.25, 0.3) is 0 Å². The first-order valence-electron chi connectivity index (χ1n) is 13.2. The number of hydrogen-bond donors (Lipinski definition) is 0. The Morgan fingerprint density at radius 3 is 1.89 bits per heavy atom. The first-order valence-corrected chi connectivity index (χ1v) is 13.2. The molecule has 2 saturated carbocycles. The van der Waals surface area contributed by atoms with Crippen molar-refractivity contribution in [2.24, 2.45) is 17.8 Å². The summed E-state index contributed by atoms with van der Waals surface area (Å²) in [5, 5.41) is 0. The van der Waals surface area contributed by atoms with Crippen LogP contribution in [0.15, 0.2) is 37.4 Å². The molecule has 0 radical (unpaired) electrons. The van der Waals surface area contributed by atoms with Gasteiger partial charge in [0.05, 0.1) is 0 Å². The van der Waals surface area contributed by atoms with Gasteiger partial charge in [-0.15, -0.1) is 13.2 Å². The van der Waals surface area contributed by atoms with Crippen LogP contribution in [0, 0.1) is 41.0 Å². The van der Waals surface area contributed by atoms with Crippen molar-refractivity contribution < 1.29 is 17.6 Å². The van der Waals surface area contributed by atoms with Gasteiger partial charge in [0.1, 0.15) is 0 Å². The Morgan fingerprint density at radius 2 is 1.29 bits per heavy atom. The number of aryl methyl sites for hydroxylation is 1. The molecule has 0 spiro atoms. The van der Waals surface area contributed by atoms with Crippen LogP contribution in [0.4, 0.5) is 17.6 Å². The summed E-state index contributed by atoms with van der Waals surface area (Å²) in [5.41, 5.74) is 1.57. The Balaban J connectivity index is 1.36. The molecule has 2 aromatic carbocycles. The molecule has 186 valence electrons. The Morgan fingerprint density at radius 1 is 0.714 bits per heavy atom. The number of rotatable bonds is 6. The average molecular weight is 483 g/mol. The molecule has 0 N–H and O–H groups in total. The van der Waals surface area contributed by atoms with E-state index < -0.39 is 23.3 Å². The third-order valence-electron chi connectivity index (χ3n) is 8.96. The highest BCUT2D eigenvalue weighted by Gasteiger charge is 2.35. The molecule has 0 heterocycles. The summed E-state index contributed by atoms with van der Waals surface area (Å²) in [6, 6.07) is 3.34. The molecule has 2 aromatic rings. The highest BCUT2D eigenvalue weighted by molar-refractivity contribution is 5.79. The minimum Gasteiger partial charge on any atom is -0.203 e. The third kappa shape index (κ3) is 4.38. The lowest BCUT2D eigenvalue weighted by Gasteiger charge is -2.37. The van der Waals surface area contributed by atoms with Crippen LogP contribution >= 0.6 is 0 Å². The molecule has 5 rings (SSSR count). The van der Waals surface area contributed by atoms with Gasteiger partial charge in [-0.2, -0.15) is 0 Å². The quantitative estimate of drug-likeness (QED) is 0.243. The molecular weight excluding hydrogens is 448 g/mol. The van der Waals surface area contributed by atoms with Crippen LogP contribution in [0.1, 0.15) is 86.0 Å². The maximum absolute atomic E-state index is 15.4.